The van der Waals surface area contributed by atoms with Crippen LogP contribution in [-0.2, 0) is 10.0 Å². The minimum Gasteiger partial charge on any atom is -0.212 e. The largest absolute Gasteiger partial charge is 0.217 e. The lowest BCUT2D eigenvalue weighted by molar-refractivity contribution is 0.479. The van der Waals surface area contributed by atoms with Crippen LogP contribution in [0.1, 0.15) is 13.8 Å². The highest BCUT2D eigenvalue weighted by atomic mass is 35.5. The van der Waals surface area contributed by atoms with Gasteiger partial charge in [-0.3, -0.25) is 0 Å². The smallest absolute Gasteiger partial charge is 0.212 e. The summed E-state index contributed by atoms with van der Waals surface area (Å²) in [6.07, 6.45) is 0. The molecule has 3 nitrogen and oxygen atoms in total. The van der Waals surface area contributed by atoms with Crippen LogP contribution in [-0.4, -0.2) is 37.4 Å². The summed E-state index contributed by atoms with van der Waals surface area (Å²) in [7, 11) is -1.58. The molecule has 0 aromatic rings. The zero-order valence-corrected chi connectivity index (χ0v) is 8.61. The molecule has 0 aliphatic heterocycles. The standard InChI is InChI=1S/C6H14ClNO2S/c1-4-8(3)11(9,10)6(2)5-7/h6H,4-5H2,1-3H3. The van der Waals surface area contributed by atoms with Gasteiger partial charge in [0.1, 0.15) is 0 Å². The summed E-state index contributed by atoms with van der Waals surface area (Å²) in [5, 5.41) is -0.492. The Hall–Kier alpha value is 0.200. The normalized spacial score (nSPS) is 15.4. The Bertz CT molecular complexity index is 187. The molecule has 0 fully saturated rings. The molecule has 0 aliphatic rings. The van der Waals surface area contributed by atoms with E-state index < -0.39 is 15.3 Å². The van der Waals surface area contributed by atoms with Crippen molar-refractivity contribution < 1.29 is 8.42 Å². The highest BCUT2D eigenvalue weighted by molar-refractivity contribution is 7.89. The van der Waals surface area contributed by atoms with E-state index in [-0.39, 0.29) is 5.88 Å². The molecular weight excluding hydrogens is 186 g/mol. The molecule has 68 valence electrons. The van der Waals surface area contributed by atoms with E-state index in [2.05, 4.69) is 0 Å². The summed E-state index contributed by atoms with van der Waals surface area (Å²) < 4.78 is 24.0. The summed E-state index contributed by atoms with van der Waals surface area (Å²) in [4.78, 5) is 0. The number of sulfonamides is 1. The maximum atomic E-state index is 11.3. The first-order chi connectivity index (χ1) is 4.96. The Balaban J connectivity index is 4.46. The number of rotatable bonds is 4. The topological polar surface area (TPSA) is 37.4 Å². The molecule has 0 aliphatic carbocycles. The minimum absolute atomic E-state index is 0.146. The van der Waals surface area contributed by atoms with E-state index >= 15 is 0 Å². The zero-order valence-electron chi connectivity index (χ0n) is 7.04. The average Bonchev–Trinajstić information content (AvgIpc) is 2.01. The molecule has 0 N–H and O–H groups in total. The van der Waals surface area contributed by atoms with Crippen molar-refractivity contribution in [3.63, 3.8) is 0 Å². The van der Waals surface area contributed by atoms with Crippen LogP contribution in [0, 0.1) is 0 Å². The molecule has 1 atom stereocenters. The molecule has 0 aromatic heterocycles. The Morgan fingerprint density at radius 1 is 1.55 bits per heavy atom. The summed E-state index contributed by atoms with van der Waals surface area (Å²) in [5.41, 5.74) is 0. The van der Waals surface area contributed by atoms with Crippen molar-refractivity contribution in [1.82, 2.24) is 4.31 Å². The molecule has 0 amide bonds. The van der Waals surface area contributed by atoms with Crippen LogP contribution in [0.3, 0.4) is 0 Å². The second-order valence-corrected chi connectivity index (χ2v) is 5.19. The van der Waals surface area contributed by atoms with Gasteiger partial charge in [-0.25, -0.2) is 12.7 Å². The number of hydrogen-bond donors (Lipinski definition) is 0. The lowest BCUT2D eigenvalue weighted by Crippen LogP contribution is -2.35. The molecule has 11 heavy (non-hydrogen) atoms. The predicted octanol–water partition coefficient (Wildman–Crippen LogP) is 0.895. The molecule has 0 heterocycles. The van der Waals surface area contributed by atoms with Gasteiger partial charge in [-0.1, -0.05) is 6.92 Å². The van der Waals surface area contributed by atoms with E-state index in [9.17, 15) is 8.42 Å². The Morgan fingerprint density at radius 2 is 2.00 bits per heavy atom. The van der Waals surface area contributed by atoms with E-state index in [0.29, 0.717) is 6.54 Å². The van der Waals surface area contributed by atoms with Crippen molar-refractivity contribution in [1.29, 1.82) is 0 Å². The molecule has 0 aromatic carbocycles. The highest BCUT2D eigenvalue weighted by Gasteiger charge is 2.23. The second-order valence-electron chi connectivity index (χ2n) is 2.42. The summed E-state index contributed by atoms with van der Waals surface area (Å²) in [6.45, 7) is 3.89. The lowest BCUT2D eigenvalue weighted by atomic mass is 10.6. The Labute approximate surface area is 73.4 Å². The van der Waals surface area contributed by atoms with Gasteiger partial charge in [0.15, 0.2) is 0 Å². The van der Waals surface area contributed by atoms with Gasteiger partial charge in [0, 0.05) is 19.5 Å². The van der Waals surface area contributed by atoms with Gasteiger partial charge in [0.05, 0.1) is 5.25 Å². The van der Waals surface area contributed by atoms with Gasteiger partial charge in [0.2, 0.25) is 10.0 Å². The fraction of sp³-hybridized carbons (Fsp3) is 1.00. The molecule has 1 unspecified atom stereocenters. The van der Waals surface area contributed by atoms with E-state index in [1.165, 1.54) is 4.31 Å². The van der Waals surface area contributed by atoms with E-state index in [0.717, 1.165) is 0 Å². The van der Waals surface area contributed by atoms with Crippen molar-refractivity contribution in [2.24, 2.45) is 0 Å². The van der Waals surface area contributed by atoms with E-state index in [1.807, 2.05) is 0 Å². The molecule has 0 spiro atoms. The number of nitrogens with zero attached hydrogens (tertiary/aromatic N) is 1. The maximum absolute atomic E-state index is 11.3. The third-order valence-electron chi connectivity index (χ3n) is 1.61. The van der Waals surface area contributed by atoms with E-state index in [1.54, 1.807) is 20.9 Å². The monoisotopic (exact) mass is 199 g/mol. The molecule has 5 heteroatoms. The zero-order chi connectivity index (χ0) is 9.07. The Morgan fingerprint density at radius 3 is 2.27 bits per heavy atom. The van der Waals surface area contributed by atoms with Crippen molar-refractivity contribution in [3.05, 3.63) is 0 Å². The van der Waals surface area contributed by atoms with Crippen molar-refractivity contribution in [2.45, 2.75) is 19.1 Å². The third kappa shape index (κ3) is 2.61. The van der Waals surface area contributed by atoms with Crippen LogP contribution in [0.15, 0.2) is 0 Å². The summed E-state index contributed by atoms with van der Waals surface area (Å²) in [5.74, 6) is 0.146. The fourth-order valence-corrected chi connectivity index (χ4v) is 2.18. The van der Waals surface area contributed by atoms with Crippen LogP contribution in [0.2, 0.25) is 0 Å². The second kappa shape index (κ2) is 4.28. The molecule has 0 rings (SSSR count). The van der Waals surface area contributed by atoms with Crippen molar-refractivity contribution in [3.8, 4) is 0 Å². The van der Waals surface area contributed by atoms with Crippen LogP contribution >= 0.6 is 11.6 Å². The third-order valence-corrected chi connectivity index (χ3v) is 4.56. The van der Waals surface area contributed by atoms with Gasteiger partial charge >= 0.3 is 0 Å². The van der Waals surface area contributed by atoms with Crippen LogP contribution in [0.4, 0.5) is 0 Å². The lowest BCUT2D eigenvalue weighted by Gasteiger charge is -2.18. The molecule has 0 saturated heterocycles. The van der Waals surface area contributed by atoms with Crippen LogP contribution in [0.5, 0.6) is 0 Å². The van der Waals surface area contributed by atoms with Gasteiger partial charge in [-0.05, 0) is 6.92 Å². The van der Waals surface area contributed by atoms with Gasteiger partial charge in [-0.2, -0.15) is 0 Å². The van der Waals surface area contributed by atoms with Crippen LogP contribution in [0.25, 0.3) is 0 Å². The number of halogens is 1. The quantitative estimate of drug-likeness (QED) is 0.631. The number of alkyl halides is 1. The number of hydrogen-bond acceptors (Lipinski definition) is 2. The first-order valence-corrected chi connectivity index (χ1v) is 5.51. The van der Waals surface area contributed by atoms with E-state index in [4.69, 9.17) is 11.6 Å². The first kappa shape index (κ1) is 11.2. The Kier molecular flexibility index (Phi) is 4.36. The SMILES string of the molecule is CCN(C)S(=O)(=O)C(C)CCl. The van der Waals surface area contributed by atoms with Gasteiger partial charge in [-0.15, -0.1) is 11.6 Å². The first-order valence-electron chi connectivity index (χ1n) is 3.48. The molecule has 0 saturated carbocycles. The summed E-state index contributed by atoms with van der Waals surface area (Å²) in [6, 6.07) is 0. The van der Waals surface area contributed by atoms with Crippen molar-refractivity contribution in [2.75, 3.05) is 19.5 Å². The average molecular weight is 200 g/mol. The van der Waals surface area contributed by atoms with Crippen molar-refractivity contribution >= 4 is 21.6 Å². The van der Waals surface area contributed by atoms with Crippen LogP contribution < -0.4 is 0 Å². The fourth-order valence-electron chi connectivity index (χ4n) is 0.567. The summed E-state index contributed by atoms with van der Waals surface area (Å²) >= 11 is 5.43. The molecule has 0 radical (unpaired) electrons. The molecular formula is C6H14ClNO2S. The highest BCUT2D eigenvalue weighted by Crippen LogP contribution is 2.07. The minimum atomic E-state index is -3.14. The predicted molar refractivity (Wildman–Crippen MR) is 47.4 cm³/mol. The molecule has 0 bridgehead atoms. The maximum Gasteiger partial charge on any atom is 0.217 e. The van der Waals surface area contributed by atoms with Gasteiger partial charge in [0.25, 0.3) is 0 Å². The van der Waals surface area contributed by atoms with Gasteiger partial charge < -0.3 is 0 Å².